The molecule has 0 fully saturated rings. The highest BCUT2D eigenvalue weighted by molar-refractivity contribution is 5.78. The van der Waals surface area contributed by atoms with E-state index in [4.69, 9.17) is 4.74 Å². The molecule has 2 aromatic carbocycles. The van der Waals surface area contributed by atoms with Crippen molar-refractivity contribution in [2.45, 2.75) is 6.42 Å². The summed E-state index contributed by atoms with van der Waals surface area (Å²) in [7, 11) is 0. The molecular formula is C19H18FN3O2. The number of rotatable bonds is 7. The molecule has 1 aromatic heterocycles. The smallest absolute Gasteiger partial charge is 0.224 e. The lowest BCUT2D eigenvalue weighted by Gasteiger charge is -2.07. The third-order valence-corrected chi connectivity index (χ3v) is 3.53. The highest BCUT2D eigenvalue weighted by Crippen LogP contribution is 2.10. The fourth-order valence-electron chi connectivity index (χ4n) is 2.31. The first-order valence-corrected chi connectivity index (χ1v) is 7.95. The van der Waals surface area contributed by atoms with E-state index in [1.165, 1.54) is 12.1 Å². The van der Waals surface area contributed by atoms with Crippen LogP contribution in [-0.4, -0.2) is 28.8 Å². The van der Waals surface area contributed by atoms with Gasteiger partial charge in [0.1, 0.15) is 18.2 Å². The normalized spacial score (nSPS) is 10.4. The maximum Gasteiger partial charge on any atom is 0.224 e. The molecule has 1 amide bonds. The molecule has 6 heteroatoms. The van der Waals surface area contributed by atoms with Crippen LogP contribution < -0.4 is 10.1 Å². The molecule has 0 saturated carbocycles. The van der Waals surface area contributed by atoms with Crippen molar-refractivity contribution in [3.05, 3.63) is 78.4 Å². The van der Waals surface area contributed by atoms with Gasteiger partial charge in [0.15, 0.2) is 0 Å². The number of hydrogen-bond acceptors (Lipinski definition) is 3. The van der Waals surface area contributed by atoms with E-state index in [9.17, 15) is 9.18 Å². The van der Waals surface area contributed by atoms with Crippen LogP contribution >= 0.6 is 0 Å². The lowest BCUT2D eigenvalue weighted by Crippen LogP contribution is -2.29. The van der Waals surface area contributed by atoms with Crippen LogP contribution in [-0.2, 0) is 11.2 Å². The Morgan fingerprint density at radius 3 is 2.64 bits per heavy atom. The first-order chi connectivity index (χ1) is 12.2. The van der Waals surface area contributed by atoms with Crippen LogP contribution in [0.5, 0.6) is 5.75 Å². The molecule has 5 nitrogen and oxygen atoms in total. The Labute approximate surface area is 145 Å². The van der Waals surface area contributed by atoms with Crippen LogP contribution in [0, 0.1) is 5.82 Å². The number of benzene rings is 2. The second-order valence-electron chi connectivity index (χ2n) is 5.46. The Balaban J connectivity index is 1.42. The van der Waals surface area contributed by atoms with E-state index in [0.717, 1.165) is 11.3 Å². The number of aromatic nitrogens is 2. The van der Waals surface area contributed by atoms with Gasteiger partial charge in [0.2, 0.25) is 5.91 Å². The summed E-state index contributed by atoms with van der Waals surface area (Å²) in [5.74, 6) is 0.159. The zero-order valence-corrected chi connectivity index (χ0v) is 13.6. The number of hydrogen-bond donors (Lipinski definition) is 1. The van der Waals surface area contributed by atoms with E-state index in [2.05, 4.69) is 10.4 Å². The summed E-state index contributed by atoms with van der Waals surface area (Å²) in [6.45, 7) is 0.698. The van der Waals surface area contributed by atoms with Crippen molar-refractivity contribution in [1.29, 1.82) is 0 Å². The summed E-state index contributed by atoms with van der Waals surface area (Å²) in [5, 5.41) is 7.05. The molecular weight excluding hydrogens is 321 g/mol. The molecule has 0 aliphatic rings. The van der Waals surface area contributed by atoms with Crippen molar-refractivity contribution in [1.82, 2.24) is 15.1 Å². The molecule has 0 spiro atoms. The van der Waals surface area contributed by atoms with E-state index in [0.29, 0.717) is 18.9 Å². The van der Waals surface area contributed by atoms with Gasteiger partial charge in [-0.2, -0.15) is 5.10 Å². The predicted octanol–water partition coefficient (Wildman–Crippen LogP) is 2.75. The van der Waals surface area contributed by atoms with Gasteiger partial charge in [0, 0.05) is 6.20 Å². The van der Waals surface area contributed by atoms with E-state index < -0.39 is 0 Å². The molecule has 0 bridgehead atoms. The number of ether oxygens (including phenoxy) is 1. The van der Waals surface area contributed by atoms with Gasteiger partial charge < -0.3 is 10.1 Å². The molecule has 128 valence electrons. The van der Waals surface area contributed by atoms with Crippen molar-refractivity contribution in [2.75, 3.05) is 13.2 Å². The highest BCUT2D eigenvalue weighted by atomic mass is 19.1. The van der Waals surface area contributed by atoms with Gasteiger partial charge in [-0.15, -0.1) is 0 Å². The Morgan fingerprint density at radius 2 is 1.88 bits per heavy atom. The molecule has 3 rings (SSSR count). The van der Waals surface area contributed by atoms with Crippen LogP contribution in [0.3, 0.4) is 0 Å². The largest absolute Gasteiger partial charge is 0.492 e. The maximum atomic E-state index is 12.8. The number of amides is 1. The molecule has 0 radical (unpaired) electrons. The van der Waals surface area contributed by atoms with Gasteiger partial charge in [-0.3, -0.25) is 4.79 Å². The lowest BCUT2D eigenvalue weighted by molar-refractivity contribution is -0.120. The molecule has 1 heterocycles. The van der Waals surface area contributed by atoms with E-state index in [1.807, 2.05) is 36.5 Å². The Kier molecular flexibility index (Phi) is 5.41. The van der Waals surface area contributed by atoms with Crippen LogP contribution in [0.15, 0.2) is 67.0 Å². The number of carbonyl (C=O) groups is 1. The summed E-state index contributed by atoms with van der Waals surface area (Å²) in [6, 6.07) is 15.5. The quantitative estimate of drug-likeness (QED) is 0.674. The van der Waals surface area contributed by atoms with Crippen molar-refractivity contribution in [3.8, 4) is 11.4 Å². The average Bonchev–Trinajstić information content (AvgIpc) is 3.09. The molecule has 0 saturated heterocycles. The minimum Gasteiger partial charge on any atom is -0.492 e. The molecule has 0 aliphatic heterocycles. The van der Waals surface area contributed by atoms with Gasteiger partial charge in [0.05, 0.1) is 24.8 Å². The second kappa shape index (κ2) is 8.10. The summed E-state index contributed by atoms with van der Waals surface area (Å²) in [5.41, 5.74) is 1.78. The molecule has 0 aliphatic carbocycles. The zero-order valence-electron chi connectivity index (χ0n) is 13.6. The standard InChI is InChI=1S/C19H18FN3O2/c20-16-6-8-18(9-7-16)25-11-10-21-19(24)12-15-13-22-23(14-15)17-4-2-1-3-5-17/h1-9,13-14H,10-12H2,(H,21,24). The van der Waals surface area contributed by atoms with Gasteiger partial charge in [-0.1, -0.05) is 18.2 Å². The summed E-state index contributed by atoms with van der Waals surface area (Å²) in [4.78, 5) is 12.0. The van der Waals surface area contributed by atoms with Gasteiger partial charge >= 0.3 is 0 Å². The lowest BCUT2D eigenvalue weighted by atomic mass is 10.2. The number of halogens is 1. The summed E-state index contributed by atoms with van der Waals surface area (Å²) >= 11 is 0. The Morgan fingerprint density at radius 1 is 1.12 bits per heavy atom. The zero-order chi connectivity index (χ0) is 17.5. The first kappa shape index (κ1) is 16.7. The van der Waals surface area contributed by atoms with Gasteiger partial charge in [0.25, 0.3) is 0 Å². The van der Waals surface area contributed by atoms with Crippen molar-refractivity contribution in [2.24, 2.45) is 0 Å². The maximum absolute atomic E-state index is 12.8. The number of carbonyl (C=O) groups excluding carboxylic acids is 1. The van der Waals surface area contributed by atoms with Crippen molar-refractivity contribution >= 4 is 5.91 Å². The monoisotopic (exact) mass is 339 g/mol. The highest BCUT2D eigenvalue weighted by Gasteiger charge is 2.06. The third-order valence-electron chi connectivity index (χ3n) is 3.53. The van der Waals surface area contributed by atoms with Crippen LogP contribution in [0.2, 0.25) is 0 Å². The number of nitrogens with one attached hydrogen (secondary N) is 1. The number of para-hydroxylation sites is 1. The minimum atomic E-state index is -0.309. The number of nitrogens with zero attached hydrogens (tertiary/aromatic N) is 2. The Hall–Kier alpha value is -3.15. The van der Waals surface area contributed by atoms with Crippen molar-refractivity contribution in [3.63, 3.8) is 0 Å². The molecule has 1 N–H and O–H groups in total. The fourth-order valence-corrected chi connectivity index (χ4v) is 2.31. The fraction of sp³-hybridized carbons (Fsp3) is 0.158. The third kappa shape index (κ3) is 4.91. The van der Waals surface area contributed by atoms with Crippen LogP contribution in [0.25, 0.3) is 5.69 Å². The molecule has 0 atom stereocenters. The van der Waals surface area contributed by atoms with Gasteiger partial charge in [-0.25, -0.2) is 9.07 Å². The summed E-state index contributed by atoms with van der Waals surface area (Å²) in [6.07, 6.45) is 3.77. The van der Waals surface area contributed by atoms with E-state index in [-0.39, 0.29) is 18.1 Å². The first-order valence-electron chi connectivity index (χ1n) is 7.95. The SMILES string of the molecule is O=C(Cc1cnn(-c2ccccc2)c1)NCCOc1ccc(F)cc1. The van der Waals surface area contributed by atoms with Crippen LogP contribution in [0.1, 0.15) is 5.56 Å². The minimum absolute atomic E-state index is 0.102. The van der Waals surface area contributed by atoms with Crippen molar-refractivity contribution < 1.29 is 13.9 Å². The average molecular weight is 339 g/mol. The summed E-state index contributed by atoms with van der Waals surface area (Å²) < 4.78 is 19.9. The molecule has 0 unspecified atom stereocenters. The Bertz CT molecular complexity index is 816. The molecule has 25 heavy (non-hydrogen) atoms. The second-order valence-corrected chi connectivity index (χ2v) is 5.46. The van der Waals surface area contributed by atoms with E-state index in [1.54, 1.807) is 23.0 Å². The molecule has 3 aromatic rings. The topological polar surface area (TPSA) is 56.2 Å². The van der Waals surface area contributed by atoms with E-state index >= 15 is 0 Å². The van der Waals surface area contributed by atoms with Gasteiger partial charge in [-0.05, 0) is 42.0 Å². The van der Waals surface area contributed by atoms with Crippen LogP contribution in [0.4, 0.5) is 4.39 Å². The predicted molar refractivity (Wildman–Crippen MR) is 92.2 cm³/mol.